The molecule has 0 saturated carbocycles. The van der Waals surface area contributed by atoms with Crippen LogP contribution in [0, 0.1) is 0 Å². The number of nitrogens with two attached hydrogens (primary N) is 1. The van der Waals surface area contributed by atoms with E-state index in [-0.39, 0.29) is 0 Å². The predicted octanol–water partition coefficient (Wildman–Crippen LogP) is -0.147. The quantitative estimate of drug-likeness (QED) is 0.624. The first-order valence-corrected chi connectivity index (χ1v) is 5.73. The van der Waals surface area contributed by atoms with E-state index in [0.717, 1.165) is 6.67 Å². The van der Waals surface area contributed by atoms with Crippen molar-refractivity contribution < 1.29 is 15.0 Å². The summed E-state index contributed by atoms with van der Waals surface area (Å²) in [4.78, 5) is 14.2. The number of rotatable bonds is 5. The maximum Gasteiger partial charge on any atom is 0.322 e. The highest BCUT2D eigenvalue weighted by Crippen LogP contribution is 2.04. The fourth-order valence-corrected chi connectivity index (χ4v) is 1.17. The monoisotopic (exact) mass is 245 g/mol. The van der Waals surface area contributed by atoms with Crippen LogP contribution in [-0.4, -0.2) is 58.9 Å². The lowest BCUT2D eigenvalue weighted by Gasteiger charge is -2.17. The maximum absolute atomic E-state index is 9.65. The number of aliphatic carboxylic acids is 1. The van der Waals surface area contributed by atoms with Gasteiger partial charge in [-0.1, -0.05) is 13.3 Å². The Bertz CT molecular complexity index is 246. The molecule has 0 aliphatic carbocycles. The van der Waals surface area contributed by atoms with Crippen molar-refractivity contribution in [3.63, 3.8) is 0 Å². The molecule has 100 valence electrons. The number of carbonyl (C=O) groups is 1. The number of aliphatic hydroxyl groups is 1. The largest absolute Gasteiger partial charge is 0.480 e. The molecule has 0 aromatic carbocycles. The lowest BCUT2D eigenvalue weighted by molar-refractivity contribution is -0.139. The smallest absolute Gasteiger partial charge is 0.322 e. The van der Waals surface area contributed by atoms with Gasteiger partial charge in [-0.3, -0.25) is 4.79 Å². The number of carboxylic acids is 1. The predicted molar refractivity (Wildman–Crippen MR) is 66.1 cm³/mol. The van der Waals surface area contributed by atoms with E-state index in [1.54, 1.807) is 0 Å². The van der Waals surface area contributed by atoms with Crippen LogP contribution in [0.4, 0.5) is 0 Å². The van der Waals surface area contributed by atoms with Gasteiger partial charge in [-0.05, 0) is 6.42 Å². The van der Waals surface area contributed by atoms with E-state index in [4.69, 9.17) is 15.9 Å². The van der Waals surface area contributed by atoms with E-state index in [2.05, 4.69) is 36.2 Å². The van der Waals surface area contributed by atoms with Crippen LogP contribution in [0.25, 0.3) is 0 Å². The summed E-state index contributed by atoms with van der Waals surface area (Å²) in [6, 6.07) is -1.13. The molecular weight excluding hydrogens is 222 g/mol. The third-order valence-electron chi connectivity index (χ3n) is 2.25. The summed E-state index contributed by atoms with van der Waals surface area (Å²) in [5, 5.41) is 15.9. The van der Waals surface area contributed by atoms with Crippen LogP contribution < -0.4 is 5.73 Å². The van der Waals surface area contributed by atoms with Gasteiger partial charge in [-0.25, -0.2) is 0 Å². The van der Waals surface area contributed by atoms with E-state index in [0.29, 0.717) is 0 Å². The summed E-state index contributed by atoms with van der Waals surface area (Å²) in [5.41, 5.74) is 4.77. The molecule has 4 N–H and O–H groups in total. The highest BCUT2D eigenvalue weighted by molar-refractivity contribution is 5.73. The van der Waals surface area contributed by atoms with Crippen LogP contribution >= 0.6 is 0 Å². The van der Waals surface area contributed by atoms with Crippen LogP contribution in [0.3, 0.4) is 0 Å². The molecule has 0 fully saturated rings. The van der Waals surface area contributed by atoms with E-state index < -0.39 is 18.6 Å². The second kappa shape index (κ2) is 8.83. The minimum Gasteiger partial charge on any atom is -0.480 e. The van der Waals surface area contributed by atoms with Crippen molar-refractivity contribution in [2.45, 2.75) is 25.8 Å². The summed E-state index contributed by atoms with van der Waals surface area (Å²) in [5.74, 6) is -1.18. The van der Waals surface area contributed by atoms with Gasteiger partial charge in [-0.2, -0.15) is 0 Å². The van der Waals surface area contributed by atoms with Crippen molar-refractivity contribution in [3.8, 4) is 0 Å². The molecule has 0 saturated heterocycles. The topological polar surface area (TPSA) is 90.0 Å². The summed E-state index contributed by atoms with van der Waals surface area (Å²) in [6.45, 7) is 4.00. The summed E-state index contributed by atoms with van der Waals surface area (Å²) >= 11 is 0. The van der Waals surface area contributed by atoms with Gasteiger partial charge >= 0.3 is 5.97 Å². The Kier molecular flexibility index (Phi) is 8.17. The van der Waals surface area contributed by atoms with Crippen molar-refractivity contribution in [2.24, 2.45) is 5.73 Å². The maximum atomic E-state index is 9.65. The Hall–Kier alpha value is -1.27. The Morgan fingerprint density at radius 3 is 2.47 bits per heavy atom. The number of carboxylic acid groups (broad SMARTS) is 1. The molecule has 1 aliphatic rings. The van der Waals surface area contributed by atoms with Gasteiger partial charge in [0.05, 0.1) is 13.3 Å². The average molecular weight is 245 g/mol. The average Bonchev–Trinajstić information content (AvgIpc) is 2.72. The van der Waals surface area contributed by atoms with Gasteiger partial charge < -0.3 is 25.7 Å². The Morgan fingerprint density at radius 2 is 2.18 bits per heavy atom. The van der Waals surface area contributed by atoms with E-state index in [1.807, 2.05) is 0 Å². The minimum atomic E-state index is -1.18. The van der Waals surface area contributed by atoms with Crippen molar-refractivity contribution in [1.29, 1.82) is 0 Å². The SMILES string of the molecule is CCCCN1C=CN(C)C1.NC(CO)C(=O)O. The fourth-order valence-electron chi connectivity index (χ4n) is 1.17. The summed E-state index contributed by atoms with van der Waals surface area (Å²) < 4.78 is 0. The van der Waals surface area contributed by atoms with Crippen molar-refractivity contribution in [3.05, 3.63) is 12.4 Å². The third-order valence-corrected chi connectivity index (χ3v) is 2.25. The Labute approximate surface area is 102 Å². The first-order valence-electron chi connectivity index (χ1n) is 5.73. The first kappa shape index (κ1) is 15.7. The van der Waals surface area contributed by atoms with Gasteiger partial charge in [0.25, 0.3) is 0 Å². The molecule has 0 amide bonds. The highest BCUT2D eigenvalue weighted by atomic mass is 16.4. The van der Waals surface area contributed by atoms with E-state index in [1.165, 1.54) is 19.4 Å². The molecule has 1 atom stereocenters. The molecule has 6 heteroatoms. The molecule has 1 heterocycles. The molecule has 1 rings (SSSR count). The number of hydrogen-bond acceptors (Lipinski definition) is 5. The van der Waals surface area contributed by atoms with Crippen LogP contribution in [-0.2, 0) is 4.79 Å². The fraction of sp³-hybridized carbons (Fsp3) is 0.727. The number of nitrogens with zero attached hydrogens (tertiary/aromatic N) is 2. The normalized spacial score (nSPS) is 15.5. The molecule has 1 aliphatic heterocycles. The van der Waals surface area contributed by atoms with E-state index >= 15 is 0 Å². The molecule has 0 aromatic heterocycles. The molecule has 17 heavy (non-hydrogen) atoms. The minimum absolute atomic E-state index is 0.505. The Balaban J connectivity index is 0.000000325. The van der Waals surface area contributed by atoms with Gasteiger partial charge in [0.2, 0.25) is 0 Å². The van der Waals surface area contributed by atoms with Crippen LogP contribution in [0.1, 0.15) is 19.8 Å². The summed E-state index contributed by atoms with van der Waals surface area (Å²) in [6.07, 6.45) is 6.87. The van der Waals surface area contributed by atoms with Crippen LogP contribution in [0.2, 0.25) is 0 Å². The molecule has 0 aromatic rings. The van der Waals surface area contributed by atoms with E-state index in [9.17, 15) is 4.79 Å². The third kappa shape index (κ3) is 7.59. The van der Waals surface area contributed by atoms with Gasteiger partial charge in [0.1, 0.15) is 6.04 Å². The van der Waals surface area contributed by atoms with Crippen molar-refractivity contribution in [2.75, 3.05) is 26.9 Å². The van der Waals surface area contributed by atoms with Gasteiger partial charge in [0.15, 0.2) is 0 Å². The standard InChI is InChI=1S/C8H16N2.C3H7NO3/c1-3-4-5-10-7-6-9(2)8-10;4-2(1-5)3(6)7/h6-7H,3-5,8H2,1-2H3;2,5H,1,4H2,(H,6,7). The van der Waals surface area contributed by atoms with Gasteiger partial charge in [-0.15, -0.1) is 0 Å². The van der Waals surface area contributed by atoms with Crippen molar-refractivity contribution >= 4 is 5.97 Å². The molecule has 0 spiro atoms. The van der Waals surface area contributed by atoms with Crippen molar-refractivity contribution in [1.82, 2.24) is 9.80 Å². The molecule has 0 bridgehead atoms. The zero-order valence-electron chi connectivity index (χ0n) is 10.5. The van der Waals surface area contributed by atoms with Crippen LogP contribution in [0.5, 0.6) is 0 Å². The first-order chi connectivity index (χ1) is 8.01. The second-order valence-electron chi connectivity index (χ2n) is 3.99. The van der Waals surface area contributed by atoms with Crippen LogP contribution in [0.15, 0.2) is 12.4 Å². The van der Waals surface area contributed by atoms with Gasteiger partial charge in [0, 0.05) is 26.0 Å². The number of hydrogen-bond donors (Lipinski definition) is 3. The Morgan fingerprint density at radius 1 is 1.53 bits per heavy atom. The molecule has 6 nitrogen and oxygen atoms in total. The lowest BCUT2D eigenvalue weighted by atomic mass is 10.3. The number of unbranched alkanes of at least 4 members (excludes halogenated alkanes) is 1. The molecular formula is C11H23N3O3. The molecule has 0 radical (unpaired) electrons. The lowest BCUT2D eigenvalue weighted by Crippen LogP contribution is -2.33. The zero-order chi connectivity index (χ0) is 13.3. The summed E-state index contributed by atoms with van der Waals surface area (Å²) in [7, 11) is 2.10. The molecule has 1 unspecified atom stereocenters. The second-order valence-corrected chi connectivity index (χ2v) is 3.99. The zero-order valence-corrected chi connectivity index (χ0v) is 10.5. The number of aliphatic hydroxyl groups excluding tert-OH is 1. The highest BCUT2D eigenvalue weighted by Gasteiger charge is 2.07.